The number of likely N-dealkylation sites (tertiary alicyclic amines) is 1. The summed E-state index contributed by atoms with van der Waals surface area (Å²) in [5.41, 5.74) is 6.19. The molecule has 90 valence electrons. The van der Waals surface area contributed by atoms with Gasteiger partial charge in [-0.05, 0) is 32.6 Å². The van der Waals surface area contributed by atoms with E-state index in [9.17, 15) is 0 Å². The highest BCUT2D eigenvalue weighted by Crippen LogP contribution is 2.23. The predicted molar refractivity (Wildman–Crippen MR) is 64.5 cm³/mol. The molecule has 2 rings (SSSR count). The van der Waals surface area contributed by atoms with Gasteiger partial charge in [-0.3, -0.25) is 4.90 Å². The van der Waals surface area contributed by atoms with E-state index in [4.69, 9.17) is 10.5 Å². The third-order valence-corrected chi connectivity index (χ3v) is 3.59. The maximum Gasteiger partial charge on any atom is 0.0621 e. The molecule has 2 fully saturated rings. The van der Waals surface area contributed by atoms with Crippen LogP contribution in [0.4, 0.5) is 0 Å². The molecule has 2 heterocycles. The first-order valence-corrected chi connectivity index (χ1v) is 5.78. The summed E-state index contributed by atoms with van der Waals surface area (Å²) in [6, 6.07) is 0.667. The molecule has 0 bridgehead atoms. The van der Waals surface area contributed by atoms with Gasteiger partial charge in [-0.2, -0.15) is 0 Å². The Hall–Kier alpha value is 0.170. The Morgan fingerprint density at radius 1 is 1.33 bits per heavy atom. The maximum atomic E-state index is 6.11. The fourth-order valence-electron chi connectivity index (χ4n) is 2.41. The summed E-state index contributed by atoms with van der Waals surface area (Å²) >= 11 is 0. The Balaban J connectivity index is 0.00000112. The van der Waals surface area contributed by atoms with Crippen molar-refractivity contribution in [2.24, 2.45) is 5.73 Å². The van der Waals surface area contributed by atoms with Crippen molar-refractivity contribution in [3.05, 3.63) is 0 Å². The third kappa shape index (κ3) is 3.59. The van der Waals surface area contributed by atoms with Gasteiger partial charge < -0.3 is 10.5 Å². The fourth-order valence-corrected chi connectivity index (χ4v) is 2.41. The van der Waals surface area contributed by atoms with Crippen LogP contribution in [0.3, 0.4) is 0 Å². The molecule has 0 aromatic carbocycles. The van der Waals surface area contributed by atoms with E-state index in [0.29, 0.717) is 6.04 Å². The predicted octanol–water partition coefficient (Wildman–Crippen LogP) is 1.40. The average molecular weight is 235 g/mol. The van der Waals surface area contributed by atoms with E-state index in [0.717, 1.165) is 39.1 Å². The minimum Gasteiger partial charge on any atom is -0.380 e. The van der Waals surface area contributed by atoms with Gasteiger partial charge in [0.05, 0.1) is 6.61 Å². The number of hydrogen-bond acceptors (Lipinski definition) is 3. The van der Waals surface area contributed by atoms with Crippen molar-refractivity contribution >= 4 is 12.4 Å². The van der Waals surface area contributed by atoms with E-state index < -0.39 is 0 Å². The molecule has 2 saturated heterocycles. The van der Waals surface area contributed by atoms with Crippen molar-refractivity contribution in [1.82, 2.24) is 4.90 Å². The molecular formula is C11H23ClN2O. The standard InChI is InChI=1S/C11H22N2O.ClH/c1-11(12)4-6-13(7-5-11)10-3-2-8-14-9-10;/h10H,2-9,12H2,1H3;1H. The van der Waals surface area contributed by atoms with Gasteiger partial charge in [-0.1, -0.05) is 0 Å². The van der Waals surface area contributed by atoms with E-state index in [2.05, 4.69) is 11.8 Å². The zero-order valence-corrected chi connectivity index (χ0v) is 10.4. The Kier molecular flexibility index (Phi) is 4.84. The van der Waals surface area contributed by atoms with Crippen molar-refractivity contribution in [1.29, 1.82) is 0 Å². The highest BCUT2D eigenvalue weighted by Gasteiger charge is 2.30. The Bertz CT molecular complexity index is 183. The van der Waals surface area contributed by atoms with Gasteiger partial charge in [-0.25, -0.2) is 0 Å². The maximum absolute atomic E-state index is 6.11. The summed E-state index contributed by atoms with van der Waals surface area (Å²) in [5, 5.41) is 0. The number of halogens is 1. The first kappa shape index (κ1) is 13.2. The molecule has 0 spiro atoms. The number of rotatable bonds is 1. The fraction of sp³-hybridized carbons (Fsp3) is 1.00. The minimum atomic E-state index is 0. The lowest BCUT2D eigenvalue weighted by Crippen LogP contribution is -2.52. The highest BCUT2D eigenvalue weighted by atomic mass is 35.5. The van der Waals surface area contributed by atoms with Gasteiger partial charge in [0.2, 0.25) is 0 Å². The van der Waals surface area contributed by atoms with E-state index in [1.807, 2.05) is 0 Å². The summed E-state index contributed by atoms with van der Waals surface area (Å²) in [4.78, 5) is 2.56. The largest absolute Gasteiger partial charge is 0.380 e. The van der Waals surface area contributed by atoms with Crippen molar-refractivity contribution in [2.45, 2.75) is 44.2 Å². The van der Waals surface area contributed by atoms with Crippen LogP contribution in [0.2, 0.25) is 0 Å². The van der Waals surface area contributed by atoms with Gasteiger partial charge in [0.25, 0.3) is 0 Å². The normalized spacial score (nSPS) is 32.0. The molecule has 0 saturated carbocycles. The quantitative estimate of drug-likeness (QED) is 0.746. The first-order valence-electron chi connectivity index (χ1n) is 5.78. The first-order chi connectivity index (χ1) is 6.67. The summed E-state index contributed by atoms with van der Waals surface area (Å²) in [6.07, 6.45) is 4.79. The molecule has 2 aliphatic rings. The lowest BCUT2D eigenvalue weighted by molar-refractivity contribution is 0.00341. The van der Waals surface area contributed by atoms with Crippen LogP contribution in [0.1, 0.15) is 32.6 Å². The summed E-state index contributed by atoms with van der Waals surface area (Å²) < 4.78 is 5.51. The molecule has 0 aliphatic carbocycles. The van der Waals surface area contributed by atoms with Gasteiger partial charge in [0, 0.05) is 31.3 Å². The number of nitrogens with two attached hydrogens (primary N) is 1. The topological polar surface area (TPSA) is 38.5 Å². The number of ether oxygens (including phenoxy) is 1. The Morgan fingerprint density at radius 2 is 2.00 bits per heavy atom. The molecule has 1 atom stereocenters. The Labute approximate surface area is 98.7 Å². The molecule has 2 aliphatic heterocycles. The Morgan fingerprint density at radius 3 is 2.53 bits per heavy atom. The van der Waals surface area contributed by atoms with E-state index in [1.54, 1.807) is 0 Å². The van der Waals surface area contributed by atoms with Crippen LogP contribution in [0.25, 0.3) is 0 Å². The lowest BCUT2D eigenvalue weighted by atomic mass is 9.90. The van der Waals surface area contributed by atoms with Gasteiger partial charge >= 0.3 is 0 Å². The molecule has 1 unspecified atom stereocenters. The molecule has 2 N–H and O–H groups in total. The zero-order chi connectivity index (χ0) is 10.0. The van der Waals surface area contributed by atoms with E-state index in [-0.39, 0.29) is 17.9 Å². The van der Waals surface area contributed by atoms with Crippen molar-refractivity contribution < 1.29 is 4.74 Å². The molecule has 3 nitrogen and oxygen atoms in total. The molecule has 0 amide bonds. The summed E-state index contributed by atoms with van der Waals surface area (Å²) in [5.74, 6) is 0. The van der Waals surface area contributed by atoms with Crippen LogP contribution in [0.5, 0.6) is 0 Å². The van der Waals surface area contributed by atoms with Crippen LogP contribution in [-0.4, -0.2) is 42.8 Å². The molecule has 0 radical (unpaired) electrons. The average Bonchev–Trinajstić information content (AvgIpc) is 2.19. The lowest BCUT2D eigenvalue weighted by Gasteiger charge is -2.41. The second-order valence-corrected chi connectivity index (χ2v) is 5.06. The van der Waals surface area contributed by atoms with E-state index >= 15 is 0 Å². The van der Waals surface area contributed by atoms with Crippen LogP contribution < -0.4 is 5.73 Å². The SMILES string of the molecule is CC1(N)CCN(C2CCCOC2)CC1.Cl. The highest BCUT2D eigenvalue weighted by molar-refractivity contribution is 5.85. The molecule has 0 aromatic heterocycles. The second kappa shape index (κ2) is 5.48. The number of nitrogens with zero attached hydrogens (tertiary/aromatic N) is 1. The third-order valence-electron chi connectivity index (χ3n) is 3.59. The van der Waals surface area contributed by atoms with Gasteiger partial charge in [0.1, 0.15) is 0 Å². The number of hydrogen-bond donors (Lipinski definition) is 1. The molecule has 4 heteroatoms. The second-order valence-electron chi connectivity index (χ2n) is 5.06. The van der Waals surface area contributed by atoms with Crippen molar-refractivity contribution in [3.8, 4) is 0 Å². The van der Waals surface area contributed by atoms with Gasteiger partial charge in [0.15, 0.2) is 0 Å². The van der Waals surface area contributed by atoms with Crippen molar-refractivity contribution in [2.75, 3.05) is 26.3 Å². The zero-order valence-electron chi connectivity index (χ0n) is 9.58. The van der Waals surface area contributed by atoms with Crippen LogP contribution in [-0.2, 0) is 4.74 Å². The van der Waals surface area contributed by atoms with E-state index in [1.165, 1.54) is 12.8 Å². The van der Waals surface area contributed by atoms with Crippen LogP contribution in [0.15, 0.2) is 0 Å². The molecule has 15 heavy (non-hydrogen) atoms. The monoisotopic (exact) mass is 234 g/mol. The smallest absolute Gasteiger partial charge is 0.0621 e. The van der Waals surface area contributed by atoms with Crippen LogP contribution >= 0.6 is 12.4 Å². The number of piperidine rings is 1. The van der Waals surface area contributed by atoms with Crippen molar-refractivity contribution in [3.63, 3.8) is 0 Å². The molecule has 0 aromatic rings. The molecular weight excluding hydrogens is 212 g/mol. The van der Waals surface area contributed by atoms with Crippen LogP contribution in [0, 0.1) is 0 Å². The minimum absolute atomic E-state index is 0. The van der Waals surface area contributed by atoms with Gasteiger partial charge in [-0.15, -0.1) is 12.4 Å². The summed E-state index contributed by atoms with van der Waals surface area (Å²) in [6.45, 7) is 6.37. The summed E-state index contributed by atoms with van der Waals surface area (Å²) in [7, 11) is 0.